The van der Waals surface area contributed by atoms with Crippen LogP contribution >= 0.6 is 0 Å². The first kappa shape index (κ1) is 25.3. The Morgan fingerprint density at radius 2 is 0.935 bits per heavy atom. The molecule has 1 nitrogen and oxygen atoms in total. The summed E-state index contributed by atoms with van der Waals surface area (Å²) in [5, 5.41) is 13.9. The van der Waals surface area contributed by atoms with Gasteiger partial charge >= 0.3 is 0 Å². The standard InChI is InChI=1S/C45H27N/c1-2-8-28(9-3-1)33-21-24-39-41(27-33)46-45(40-25-18-29-10-4-5-15-37(29)44(39)40)35-14-7-13-34(26-35)36-22-19-32-17-16-30-11-6-12-31-20-23-38(36)43(32)42(30)31/h1-27H. The number of pyridine rings is 1. The second-order valence-electron chi connectivity index (χ2n) is 12.3. The molecular formula is C45H27N. The summed E-state index contributed by atoms with van der Waals surface area (Å²) in [4.78, 5) is 5.43. The summed E-state index contributed by atoms with van der Waals surface area (Å²) in [6.07, 6.45) is 0. The Morgan fingerprint density at radius 1 is 0.304 bits per heavy atom. The molecule has 0 radical (unpaired) electrons. The van der Waals surface area contributed by atoms with E-state index in [1.165, 1.54) is 81.5 Å². The third-order valence-corrected chi connectivity index (χ3v) is 9.77. The third-order valence-electron chi connectivity index (χ3n) is 9.77. The molecule has 0 aliphatic rings. The zero-order valence-corrected chi connectivity index (χ0v) is 25.0. The van der Waals surface area contributed by atoms with Crippen molar-refractivity contribution >= 4 is 64.8 Å². The molecule has 0 amide bonds. The number of benzene rings is 9. The van der Waals surface area contributed by atoms with E-state index in [4.69, 9.17) is 4.98 Å². The van der Waals surface area contributed by atoms with Gasteiger partial charge in [-0.15, -0.1) is 0 Å². The van der Waals surface area contributed by atoms with Crippen molar-refractivity contribution in [3.8, 4) is 33.5 Å². The van der Waals surface area contributed by atoms with Gasteiger partial charge in [0.25, 0.3) is 0 Å². The summed E-state index contributed by atoms with van der Waals surface area (Å²) < 4.78 is 0. The number of aromatic nitrogens is 1. The van der Waals surface area contributed by atoms with Crippen molar-refractivity contribution in [2.24, 2.45) is 0 Å². The van der Waals surface area contributed by atoms with Crippen molar-refractivity contribution in [1.82, 2.24) is 4.98 Å². The molecule has 10 aromatic rings. The lowest BCUT2D eigenvalue weighted by Gasteiger charge is -2.16. The topological polar surface area (TPSA) is 12.9 Å². The zero-order valence-electron chi connectivity index (χ0n) is 25.0. The lowest BCUT2D eigenvalue weighted by atomic mass is 9.89. The molecule has 0 fully saturated rings. The largest absolute Gasteiger partial charge is 0.247 e. The van der Waals surface area contributed by atoms with Gasteiger partial charge in [-0.05, 0) is 77.5 Å². The molecule has 9 aromatic carbocycles. The van der Waals surface area contributed by atoms with E-state index in [9.17, 15) is 0 Å². The van der Waals surface area contributed by atoms with Crippen molar-refractivity contribution in [3.05, 3.63) is 164 Å². The molecule has 1 heteroatoms. The van der Waals surface area contributed by atoms with E-state index in [0.717, 1.165) is 16.8 Å². The molecule has 0 saturated carbocycles. The van der Waals surface area contributed by atoms with E-state index < -0.39 is 0 Å². The van der Waals surface area contributed by atoms with Crippen molar-refractivity contribution in [2.75, 3.05) is 0 Å². The van der Waals surface area contributed by atoms with Gasteiger partial charge in [0, 0.05) is 21.7 Å². The van der Waals surface area contributed by atoms with Crippen LogP contribution in [0.5, 0.6) is 0 Å². The van der Waals surface area contributed by atoms with Gasteiger partial charge in [0.05, 0.1) is 11.2 Å². The Labute approximate surface area is 266 Å². The molecule has 0 aliphatic carbocycles. The summed E-state index contributed by atoms with van der Waals surface area (Å²) in [7, 11) is 0. The van der Waals surface area contributed by atoms with Crippen LogP contribution in [0.15, 0.2) is 164 Å². The minimum atomic E-state index is 1.01. The van der Waals surface area contributed by atoms with Crippen LogP contribution in [0, 0.1) is 0 Å². The molecule has 212 valence electrons. The molecule has 0 N–H and O–H groups in total. The molecular weight excluding hydrogens is 555 g/mol. The first-order valence-electron chi connectivity index (χ1n) is 15.9. The number of nitrogens with zero attached hydrogens (tertiary/aromatic N) is 1. The summed E-state index contributed by atoms with van der Waals surface area (Å²) in [5.74, 6) is 0. The van der Waals surface area contributed by atoms with E-state index in [-0.39, 0.29) is 0 Å². The van der Waals surface area contributed by atoms with Gasteiger partial charge in [-0.1, -0.05) is 152 Å². The zero-order chi connectivity index (χ0) is 30.2. The quantitative estimate of drug-likeness (QED) is 0.189. The Balaban J connectivity index is 1.24. The van der Waals surface area contributed by atoms with Crippen LogP contribution in [0.4, 0.5) is 0 Å². The van der Waals surface area contributed by atoms with Crippen molar-refractivity contribution in [1.29, 1.82) is 0 Å². The fraction of sp³-hybridized carbons (Fsp3) is 0. The molecule has 0 unspecified atom stereocenters. The Hall–Kier alpha value is -6.05. The van der Waals surface area contributed by atoms with E-state index in [1.807, 2.05) is 0 Å². The summed E-state index contributed by atoms with van der Waals surface area (Å²) in [6, 6.07) is 59.7. The molecule has 1 aromatic heterocycles. The lowest BCUT2D eigenvalue weighted by molar-refractivity contribution is 1.43. The number of hydrogen-bond donors (Lipinski definition) is 0. The average molecular weight is 582 g/mol. The maximum atomic E-state index is 5.43. The summed E-state index contributed by atoms with van der Waals surface area (Å²) >= 11 is 0. The highest BCUT2D eigenvalue weighted by Gasteiger charge is 2.16. The number of rotatable bonds is 3. The normalized spacial score (nSPS) is 11.9. The van der Waals surface area contributed by atoms with Gasteiger partial charge in [0.15, 0.2) is 0 Å². The molecule has 0 saturated heterocycles. The first-order valence-corrected chi connectivity index (χ1v) is 15.9. The maximum absolute atomic E-state index is 5.43. The minimum absolute atomic E-state index is 1.01. The first-order chi connectivity index (χ1) is 22.8. The molecule has 0 aliphatic heterocycles. The van der Waals surface area contributed by atoms with Gasteiger partial charge in [-0.25, -0.2) is 4.98 Å². The molecule has 10 rings (SSSR count). The summed E-state index contributed by atoms with van der Waals surface area (Å²) in [5.41, 5.74) is 7.95. The van der Waals surface area contributed by atoms with Crippen molar-refractivity contribution < 1.29 is 0 Å². The van der Waals surface area contributed by atoms with Gasteiger partial charge in [-0.3, -0.25) is 0 Å². The lowest BCUT2D eigenvalue weighted by Crippen LogP contribution is -1.92. The van der Waals surface area contributed by atoms with Gasteiger partial charge in [0.1, 0.15) is 0 Å². The predicted octanol–water partition coefficient (Wildman–Crippen LogP) is 12.4. The molecule has 0 spiro atoms. The molecule has 46 heavy (non-hydrogen) atoms. The SMILES string of the molecule is c1ccc(-c2ccc3c(c2)nc(-c2cccc(-c4ccc5ccc6cccc7ccc4c5c67)c2)c2ccc4ccccc4c23)cc1. The van der Waals surface area contributed by atoms with E-state index in [2.05, 4.69) is 164 Å². The van der Waals surface area contributed by atoms with Crippen LogP contribution < -0.4 is 0 Å². The van der Waals surface area contributed by atoms with Crippen LogP contribution in [0.1, 0.15) is 0 Å². The minimum Gasteiger partial charge on any atom is -0.247 e. The van der Waals surface area contributed by atoms with E-state index in [1.54, 1.807) is 0 Å². The molecule has 0 bridgehead atoms. The summed E-state index contributed by atoms with van der Waals surface area (Å²) in [6.45, 7) is 0. The van der Waals surface area contributed by atoms with Crippen LogP contribution in [0.25, 0.3) is 98.3 Å². The highest BCUT2D eigenvalue weighted by atomic mass is 14.7. The number of fused-ring (bicyclic) bond motifs is 5. The fourth-order valence-corrected chi connectivity index (χ4v) is 7.63. The van der Waals surface area contributed by atoms with Crippen LogP contribution in [-0.2, 0) is 0 Å². The van der Waals surface area contributed by atoms with Crippen LogP contribution in [0.3, 0.4) is 0 Å². The number of hydrogen-bond acceptors (Lipinski definition) is 1. The predicted molar refractivity (Wildman–Crippen MR) is 197 cm³/mol. The molecule has 1 heterocycles. The molecule has 0 atom stereocenters. The fourth-order valence-electron chi connectivity index (χ4n) is 7.63. The second-order valence-corrected chi connectivity index (χ2v) is 12.3. The Kier molecular flexibility index (Phi) is 5.35. The van der Waals surface area contributed by atoms with Crippen molar-refractivity contribution in [3.63, 3.8) is 0 Å². The monoisotopic (exact) mass is 581 g/mol. The van der Waals surface area contributed by atoms with E-state index >= 15 is 0 Å². The van der Waals surface area contributed by atoms with Crippen molar-refractivity contribution in [2.45, 2.75) is 0 Å². The Bertz CT molecular complexity index is 2780. The van der Waals surface area contributed by atoms with E-state index in [0.29, 0.717) is 0 Å². The maximum Gasteiger partial charge on any atom is 0.0788 e. The van der Waals surface area contributed by atoms with Gasteiger partial charge < -0.3 is 0 Å². The Morgan fingerprint density at radius 3 is 1.83 bits per heavy atom. The third kappa shape index (κ3) is 3.72. The highest BCUT2D eigenvalue weighted by Crippen LogP contribution is 2.42. The van der Waals surface area contributed by atoms with Gasteiger partial charge in [-0.2, -0.15) is 0 Å². The van der Waals surface area contributed by atoms with Gasteiger partial charge in [0.2, 0.25) is 0 Å². The smallest absolute Gasteiger partial charge is 0.0788 e. The second kappa shape index (κ2) is 9.72. The highest BCUT2D eigenvalue weighted by molar-refractivity contribution is 6.26. The van der Waals surface area contributed by atoms with Crippen LogP contribution in [0.2, 0.25) is 0 Å². The van der Waals surface area contributed by atoms with Crippen LogP contribution in [-0.4, -0.2) is 4.98 Å². The average Bonchev–Trinajstić information content (AvgIpc) is 3.13.